The molecule has 1 amide bonds. The Kier molecular flexibility index (Phi) is 8.24. The van der Waals surface area contributed by atoms with Crippen LogP contribution in [0.3, 0.4) is 0 Å². The number of para-hydroxylation sites is 1. The number of rotatable bonds is 8. The first-order valence-electron chi connectivity index (χ1n) is 12.4. The van der Waals surface area contributed by atoms with Crippen molar-refractivity contribution in [1.82, 2.24) is 19.8 Å². The number of nitrogens with zero attached hydrogens (tertiary/aromatic N) is 3. The van der Waals surface area contributed by atoms with E-state index in [4.69, 9.17) is 16.6 Å². The highest BCUT2D eigenvalue weighted by atomic mass is 35.5. The van der Waals surface area contributed by atoms with Gasteiger partial charge in [-0.2, -0.15) is 0 Å². The van der Waals surface area contributed by atoms with E-state index >= 15 is 0 Å². The molecule has 0 radical (unpaired) electrons. The zero-order chi connectivity index (χ0) is 25.9. The second kappa shape index (κ2) is 11.6. The number of hydrogen-bond donors (Lipinski definition) is 2. The fraction of sp³-hybridized carbons (Fsp3) is 0.370. The third-order valence-corrected chi connectivity index (χ3v) is 8.86. The van der Waals surface area contributed by atoms with Crippen LogP contribution in [0.2, 0.25) is 5.02 Å². The number of benzene rings is 2. The van der Waals surface area contributed by atoms with Crippen molar-refractivity contribution >= 4 is 41.9 Å². The van der Waals surface area contributed by atoms with Gasteiger partial charge in [-0.1, -0.05) is 48.0 Å². The molecule has 6 nitrogen and oxygen atoms in total. The molecule has 2 aliphatic rings. The molecule has 0 spiro atoms. The van der Waals surface area contributed by atoms with Crippen molar-refractivity contribution in [3.8, 4) is 5.69 Å². The van der Waals surface area contributed by atoms with E-state index in [1.165, 1.54) is 18.6 Å². The second-order valence-corrected chi connectivity index (χ2v) is 11.5. The molecule has 37 heavy (non-hydrogen) atoms. The lowest BCUT2D eigenvalue weighted by Gasteiger charge is -2.30. The van der Waals surface area contributed by atoms with E-state index in [1.54, 1.807) is 27.3 Å². The Balaban J connectivity index is 1.30. The smallest absolute Gasteiger partial charge is 0.264 e. The van der Waals surface area contributed by atoms with Gasteiger partial charge in [0.1, 0.15) is 5.82 Å². The van der Waals surface area contributed by atoms with E-state index < -0.39 is 0 Å². The first kappa shape index (κ1) is 26.3. The molecule has 1 aliphatic carbocycles. The largest absolute Gasteiger partial charge is 0.338 e. The summed E-state index contributed by atoms with van der Waals surface area (Å²) in [6.07, 6.45) is 4.30. The van der Waals surface area contributed by atoms with Crippen LogP contribution >= 0.6 is 36.0 Å². The van der Waals surface area contributed by atoms with Gasteiger partial charge >= 0.3 is 0 Å². The van der Waals surface area contributed by atoms with Crippen molar-refractivity contribution in [2.75, 3.05) is 13.1 Å². The minimum atomic E-state index is -0.380. The Morgan fingerprint density at radius 3 is 2.78 bits per heavy atom. The van der Waals surface area contributed by atoms with Gasteiger partial charge in [0.15, 0.2) is 5.16 Å². The Labute approximate surface area is 230 Å². The highest BCUT2D eigenvalue weighted by Crippen LogP contribution is 2.37. The number of carbonyl (C=O) groups excluding carboxylic acids is 1. The molecular weight excluding hydrogens is 531 g/mol. The summed E-state index contributed by atoms with van der Waals surface area (Å²) in [6.45, 7) is 1.66. The van der Waals surface area contributed by atoms with E-state index in [0.29, 0.717) is 57.6 Å². The molecule has 2 heterocycles. The quantitative estimate of drug-likeness (QED) is 0.231. The van der Waals surface area contributed by atoms with Gasteiger partial charge in [-0.15, -0.1) is 12.6 Å². The first-order chi connectivity index (χ1) is 17.9. The van der Waals surface area contributed by atoms with Gasteiger partial charge in [0, 0.05) is 47.6 Å². The number of thiol groups is 1. The Morgan fingerprint density at radius 1 is 1.24 bits per heavy atom. The number of fused-ring (bicyclic) bond motifs is 1. The van der Waals surface area contributed by atoms with Crippen LogP contribution in [0, 0.1) is 5.82 Å². The maximum atomic E-state index is 13.8. The highest BCUT2D eigenvalue weighted by molar-refractivity contribution is 7.99. The summed E-state index contributed by atoms with van der Waals surface area (Å²) in [4.78, 5) is 34.1. The van der Waals surface area contributed by atoms with Crippen LogP contribution in [-0.4, -0.2) is 38.7 Å². The zero-order valence-electron chi connectivity index (χ0n) is 20.3. The topological polar surface area (TPSA) is 67.2 Å². The predicted octanol–water partition coefficient (Wildman–Crippen LogP) is 5.02. The molecular formula is C27H28ClFN4O2S2. The molecule has 1 N–H and O–H groups in total. The molecule has 194 valence electrons. The summed E-state index contributed by atoms with van der Waals surface area (Å²) in [6, 6.07) is 11.8. The fourth-order valence-corrected chi connectivity index (χ4v) is 6.30. The average molecular weight is 559 g/mol. The van der Waals surface area contributed by atoms with Gasteiger partial charge in [0.05, 0.1) is 23.5 Å². The van der Waals surface area contributed by atoms with Crippen molar-refractivity contribution in [2.45, 2.75) is 60.5 Å². The van der Waals surface area contributed by atoms with E-state index in [1.807, 2.05) is 24.3 Å². The van der Waals surface area contributed by atoms with Crippen molar-refractivity contribution in [1.29, 1.82) is 0 Å². The zero-order valence-corrected chi connectivity index (χ0v) is 22.7. The molecule has 1 fully saturated rings. The van der Waals surface area contributed by atoms with Crippen molar-refractivity contribution in [3.05, 3.63) is 80.5 Å². The van der Waals surface area contributed by atoms with Crippen LogP contribution in [0.15, 0.2) is 57.3 Å². The summed E-state index contributed by atoms with van der Waals surface area (Å²) in [5.74, 6) is -0.411. The van der Waals surface area contributed by atoms with Gasteiger partial charge in [-0.05, 0) is 42.7 Å². The van der Waals surface area contributed by atoms with E-state index in [2.05, 4.69) is 17.9 Å². The number of thioether (sulfide) groups is 1. The standard InChI is InChI=1S/C27H28ClFN4O2S2/c28-21-14-18(29)9-8-17(21)15-30-12-10-25(34)32-13-11-22-20(16-32)26(35)33(23-6-1-2-7-24(23)36)27(31-22)37-19-4-3-5-19/h1-2,6-9,14,19,30,36H,3-5,10-13,15-16H2. The molecule has 2 aromatic carbocycles. The summed E-state index contributed by atoms with van der Waals surface area (Å²) in [5, 5.41) is 4.73. The molecule has 0 atom stereocenters. The van der Waals surface area contributed by atoms with Gasteiger partial charge < -0.3 is 10.2 Å². The average Bonchev–Trinajstić information content (AvgIpc) is 2.86. The lowest BCUT2D eigenvalue weighted by atomic mass is 10.0. The van der Waals surface area contributed by atoms with E-state index in [9.17, 15) is 14.0 Å². The molecule has 1 saturated carbocycles. The molecule has 10 heteroatoms. The summed E-state index contributed by atoms with van der Waals surface area (Å²) in [5.41, 5.74) is 2.71. The maximum Gasteiger partial charge on any atom is 0.264 e. The van der Waals surface area contributed by atoms with Gasteiger partial charge in [-0.3, -0.25) is 14.2 Å². The third-order valence-electron chi connectivity index (χ3n) is 6.84. The van der Waals surface area contributed by atoms with Crippen LogP contribution in [0.1, 0.15) is 42.5 Å². The maximum absolute atomic E-state index is 13.8. The summed E-state index contributed by atoms with van der Waals surface area (Å²) in [7, 11) is 0. The molecule has 0 saturated heterocycles. The van der Waals surface area contributed by atoms with Crippen LogP contribution in [0.5, 0.6) is 0 Å². The number of hydrogen-bond acceptors (Lipinski definition) is 6. The van der Waals surface area contributed by atoms with Crippen LogP contribution < -0.4 is 10.9 Å². The molecule has 5 rings (SSSR count). The highest BCUT2D eigenvalue weighted by Gasteiger charge is 2.29. The molecule has 3 aromatic rings. The Morgan fingerprint density at radius 2 is 2.05 bits per heavy atom. The fourth-order valence-electron chi connectivity index (χ4n) is 4.49. The SMILES string of the molecule is O=C(CCNCc1ccc(F)cc1Cl)N1CCc2nc(SC3CCC3)n(-c3ccccc3S)c(=O)c2C1. The third kappa shape index (κ3) is 5.90. The van der Waals surface area contributed by atoms with Gasteiger partial charge in [-0.25, -0.2) is 9.37 Å². The van der Waals surface area contributed by atoms with Crippen LogP contribution in [0.4, 0.5) is 4.39 Å². The molecule has 1 aromatic heterocycles. The molecule has 0 unspecified atom stereocenters. The number of carbonyl (C=O) groups is 1. The van der Waals surface area contributed by atoms with Crippen LogP contribution in [0.25, 0.3) is 5.69 Å². The van der Waals surface area contributed by atoms with Crippen molar-refractivity contribution < 1.29 is 9.18 Å². The Bertz CT molecular complexity index is 1380. The number of halogens is 2. The monoisotopic (exact) mass is 558 g/mol. The normalized spacial score (nSPS) is 15.4. The Hall–Kier alpha value is -2.33. The summed E-state index contributed by atoms with van der Waals surface area (Å²) >= 11 is 12.3. The van der Waals surface area contributed by atoms with Gasteiger partial charge in [0.25, 0.3) is 5.56 Å². The van der Waals surface area contributed by atoms with Crippen LogP contribution in [-0.2, 0) is 24.3 Å². The second-order valence-electron chi connectivity index (χ2n) is 9.35. The molecule has 0 bridgehead atoms. The van der Waals surface area contributed by atoms with Gasteiger partial charge in [0.2, 0.25) is 5.91 Å². The predicted molar refractivity (Wildman–Crippen MR) is 147 cm³/mol. The van der Waals surface area contributed by atoms with Crippen molar-refractivity contribution in [2.24, 2.45) is 0 Å². The number of aromatic nitrogens is 2. The van der Waals surface area contributed by atoms with E-state index in [0.717, 1.165) is 24.1 Å². The minimum absolute atomic E-state index is 0.0307. The summed E-state index contributed by atoms with van der Waals surface area (Å²) < 4.78 is 14.9. The lowest BCUT2D eigenvalue weighted by Crippen LogP contribution is -2.42. The minimum Gasteiger partial charge on any atom is -0.338 e. The number of amides is 1. The van der Waals surface area contributed by atoms with Crippen molar-refractivity contribution in [3.63, 3.8) is 0 Å². The number of nitrogens with one attached hydrogen (secondary N) is 1. The first-order valence-corrected chi connectivity index (χ1v) is 14.1. The molecule has 1 aliphatic heterocycles. The van der Waals surface area contributed by atoms with E-state index in [-0.39, 0.29) is 30.2 Å². The lowest BCUT2D eigenvalue weighted by molar-refractivity contribution is -0.132.